The molecule has 1 saturated carbocycles. The summed E-state index contributed by atoms with van der Waals surface area (Å²) < 4.78 is 1.71. The summed E-state index contributed by atoms with van der Waals surface area (Å²) in [5, 5.41) is 10.9. The molecule has 2 heterocycles. The van der Waals surface area contributed by atoms with E-state index in [1.165, 1.54) is 0 Å². The van der Waals surface area contributed by atoms with Crippen LogP contribution in [-0.2, 0) is 18.4 Å². The lowest BCUT2D eigenvalue weighted by molar-refractivity contribution is -0.122. The van der Waals surface area contributed by atoms with Crippen LogP contribution in [0.4, 0.5) is 0 Å². The van der Waals surface area contributed by atoms with Gasteiger partial charge in [-0.1, -0.05) is 30.3 Å². The summed E-state index contributed by atoms with van der Waals surface area (Å²) in [6.07, 6.45) is 2.18. The smallest absolute Gasteiger partial charge is 0.252 e. The van der Waals surface area contributed by atoms with Crippen LogP contribution >= 0.6 is 0 Å². The number of fused-ring (bicyclic) bond motifs is 1. The molecule has 2 N–H and O–H groups in total. The molecule has 0 radical (unpaired) electrons. The van der Waals surface area contributed by atoms with Crippen LogP contribution in [0.3, 0.4) is 0 Å². The molecular weight excluding hydrogens is 366 g/mol. The maximum Gasteiger partial charge on any atom is 0.252 e. The molecule has 0 saturated heterocycles. The number of benzene rings is 1. The molecule has 1 unspecified atom stereocenters. The second-order valence-electron chi connectivity index (χ2n) is 7.68. The zero-order valence-electron chi connectivity index (χ0n) is 16.9. The van der Waals surface area contributed by atoms with Crippen LogP contribution in [0.5, 0.6) is 0 Å². The van der Waals surface area contributed by atoms with Gasteiger partial charge in [0.15, 0.2) is 5.65 Å². The highest BCUT2D eigenvalue weighted by Crippen LogP contribution is 2.40. The number of pyridine rings is 1. The predicted molar refractivity (Wildman–Crippen MR) is 110 cm³/mol. The van der Waals surface area contributed by atoms with E-state index in [0.717, 1.165) is 35.2 Å². The minimum absolute atomic E-state index is 0.224. The standard InChI is InChI=1S/C22H25N5O2/c1-13-19-17(11-18(16-9-10-16)25-20(19)27(3)26-13)22(29)24-14(2)21(28)23-12-15-7-5-4-6-8-15/h4-8,11,14,16H,9-10,12H2,1-3H3,(H,23,28)(H,24,29). The van der Waals surface area contributed by atoms with E-state index in [4.69, 9.17) is 4.98 Å². The second-order valence-corrected chi connectivity index (χ2v) is 7.68. The molecule has 2 amide bonds. The number of amides is 2. The average Bonchev–Trinajstić information content (AvgIpc) is 3.52. The molecule has 3 aromatic rings. The van der Waals surface area contributed by atoms with Crippen molar-refractivity contribution in [2.75, 3.05) is 0 Å². The predicted octanol–water partition coefficient (Wildman–Crippen LogP) is 2.59. The Labute approximate surface area is 169 Å². The molecule has 2 aromatic heterocycles. The highest BCUT2D eigenvalue weighted by molar-refractivity contribution is 6.07. The molecule has 7 nitrogen and oxygen atoms in total. The number of carbonyl (C=O) groups is 2. The lowest BCUT2D eigenvalue weighted by Gasteiger charge is -2.15. The Morgan fingerprint density at radius 2 is 1.97 bits per heavy atom. The SMILES string of the molecule is Cc1nn(C)c2nc(C3CC3)cc(C(=O)NC(C)C(=O)NCc3ccccc3)c12. The van der Waals surface area contributed by atoms with Crippen molar-refractivity contribution in [1.29, 1.82) is 0 Å². The highest BCUT2D eigenvalue weighted by atomic mass is 16.2. The molecule has 1 aliphatic rings. The highest BCUT2D eigenvalue weighted by Gasteiger charge is 2.29. The van der Waals surface area contributed by atoms with Crippen LogP contribution < -0.4 is 10.6 Å². The lowest BCUT2D eigenvalue weighted by atomic mass is 10.1. The maximum atomic E-state index is 13.0. The Morgan fingerprint density at radius 1 is 1.24 bits per heavy atom. The summed E-state index contributed by atoms with van der Waals surface area (Å²) in [6, 6.07) is 10.9. The first kappa shape index (κ1) is 19.1. The summed E-state index contributed by atoms with van der Waals surface area (Å²) in [4.78, 5) is 30.2. The van der Waals surface area contributed by atoms with Crippen LogP contribution in [0.1, 0.15) is 53.0 Å². The molecule has 0 aliphatic heterocycles. The molecule has 7 heteroatoms. The van der Waals surface area contributed by atoms with Gasteiger partial charge < -0.3 is 10.6 Å². The minimum atomic E-state index is -0.657. The van der Waals surface area contributed by atoms with Gasteiger partial charge in [0.25, 0.3) is 5.91 Å². The van der Waals surface area contributed by atoms with Gasteiger partial charge in [0.1, 0.15) is 6.04 Å². The van der Waals surface area contributed by atoms with Gasteiger partial charge in [-0.15, -0.1) is 0 Å². The Kier molecular flexibility index (Phi) is 5.05. The van der Waals surface area contributed by atoms with E-state index >= 15 is 0 Å². The van der Waals surface area contributed by atoms with Crippen LogP contribution in [0, 0.1) is 6.92 Å². The van der Waals surface area contributed by atoms with Crippen molar-refractivity contribution in [1.82, 2.24) is 25.4 Å². The fourth-order valence-corrected chi connectivity index (χ4v) is 3.51. The van der Waals surface area contributed by atoms with Gasteiger partial charge in [0, 0.05) is 25.2 Å². The van der Waals surface area contributed by atoms with Crippen molar-refractivity contribution >= 4 is 22.8 Å². The largest absolute Gasteiger partial charge is 0.350 e. The number of nitrogens with zero attached hydrogens (tertiary/aromatic N) is 3. The van der Waals surface area contributed by atoms with E-state index in [-0.39, 0.29) is 11.8 Å². The van der Waals surface area contributed by atoms with Crippen molar-refractivity contribution in [3.05, 3.63) is 58.9 Å². The van der Waals surface area contributed by atoms with Crippen molar-refractivity contribution in [2.24, 2.45) is 7.05 Å². The number of hydrogen-bond donors (Lipinski definition) is 2. The quantitative estimate of drug-likeness (QED) is 0.676. The van der Waals surface area contributed by atoms with Crippen LogP contribution in [0.2, 0.25) is 0 Å². The number of hydrogen-bond acceptors (Lipinski definition) is 4. The van der Waals surface area contributed by atoms with Crippen LogP contribution in [-0.4, -0.2) is 32.6 Å². The third kappa shape index (κ3) is 3.99. The van der Waals surface area contributed by atoms with E-state index in [0.29, 0.717) is 23.7 Å². The number of rotatable bonds is 6. The van der Waals surface area contributed by atoms with E-state index in [2.05, 4.69) is 15.7 Å². The van der Waals surface area contributed by atoms with E-state index in [9.17, 15) is 9.59 Å². The number of aromatic nitrogens is 3. The lowest BCUT2D eigenvalue weighted by Crippen LogP contribution is -2.44. The molecule has 1 aliphatic carbocycles. The third-order valence-electron chi connectivity index (χ3n) is 5.28. The van der Waals surface area contributed by atoms with E-state index in [1.807, 2.05) is 50.4 Å². The zero-order chi connectivity index (χ0) is 20.5. The maximum absolute atomic E-state index is 13.0. The molecule has 1 atom stereocenters. The Balaban J connectivity index is 1.51. The van der Waals surface area contributed by atoms with Crippen molar-refractivity contribution in [3.63, 3.8) is 0 Å². The molecule has 0 spiro atoms. The molecular formula is C22H25N5O2. The first-order valence-corrected chi connectivity index (χ1v) is 9.90. The Morgan fingerprint density at radius 3 is 2.66 bits per heavy atom. The Hall–Kier alpha value is -3.22. The summed E-state index contributed by atoms with van der Waals surface area (Å²) >= 11 is 0. The van der Waals surface area contributed by atoms with Crippen molar-refractivity contribution in [3.8, 4) is 0 Å². The van der Waals surface area contributed by atoms with Gasteiger partial charge in [0.05, 0.1) is 16.6 Å². The average molecular weight is 391 g/mol. The molecule has 4 rings (SSSR count). The first-order valence-electron chi connectivity index (χ1n) is 9.90. The normalized spacial score (nSPS) is 14.6. The number of carbonyl (C=O) groups excluding carboxylic acids is 2. The van der Waals surface area contributed by atoms with Crippen molar-refractivity contribution in [2.45, 2.75) is 45.2 Å². The monoisotopic (exact) mass is 391 g/mol. The van der Waals surface area contributed by atoms with Gasteiger partial charge in [-0.05, 0) is 38.3 Å². The molecule has 1 aromatic carbocycles. The van der Waals surface area contributed by atoms with Gasteiger partial charge in [-0.25, -0.2) is 4.98 Å². The summed E-state index contributed by atoms with van der Waals surface area (Å²) in [7, 11) is 1.83. The zero-order valence-corrected chi connectivity index (χ0v) is 16.9. The fraction of sp³-hybridized carbons (Fsp3) is 0.364. The Bertz CT molecular complexity index is 1070. The third-order valence-corrected chi connectivity index (χ3v) is 5.28. The van der Waals surface area contributed by atoms with Gasteiger partial charge in [-0.3, -0.25) is 14.3 Å². The first-order chi connectivity index (χ1) is 13.9. The fourth-order valence-electron chi connectivity index (χ4n) is 3.51. The van der Waals surface area contributed by atoms with Gasteiger partial charge >= 0.3 is 0 Å². The summed E-state index contributed by atoms with van der Waals surface area (Å²) in [6.45, 7) is 3.98. The summed E-state index contributed by atoms with van der Waals surface area (Å²) in [5.74, 6) is -0.0941. The van der Waals surface area contributed by atoms with Crippen LogP contribution in [0.15, 0.2) is 36.4 Å². The van der Waals surface area contributed by atoms with Gasteiger partial charge in [0.2, 0.25) is 5.91 Å². The number of aryl methyl sites for hydroxylation is 2. The molecule has 1 fully saturated rings. The second kappa shape index (κ2) is 7.66. The van der Waals surface area contributed by atoms with E-state index < -0.39 is 6.04 Å². The van der Waals surface area contributed by atoms with Gasteiger partial charge in [-0.2, -0.15) is 5.10 Å². The molecule has 0 bridgehead atoms. The van der Waals surface area contributed by atoms with E-state index in [1.54, 1.807) is 11.6 Å². The van der Waals surface area contributed by atoms with Crippen molar-refractivity contribution < 1.29 is 9.59 Å². The molecule has 150 valence electrons. The molecule has 29 heavy (non-hydrogen) atoms. The minimum Gasteiger partial charge on any atom is -0.350 e. The number of nitrogens with one attached hydrogen (secondary N) is 2. The topological polar surface area (TPSA) is 88.9 Å². The summed E-state index contributed by atoms with van der Waals surface area (Å²) in [5.41, 5.74) is 3.93. The van der Waals surface area contributed by atoms with Crippen LogP contribution in [0.25, 0.3) is 11.0 Å².